The van der Waals surface area contributed by atoms with E-state index in [9.17, 15) is 0 Å². The molecule has 0 nitrogen and oxygen atoms in total. The minimum atomic E-state index is 0.0849. The van der Waals surface area contributed by atoms with Crippen LogP contribution in [0.3, 0.4) is 0 Å². The first-order valence-electron chi connectivity index (χ1n) is 4.06. The first-order chi connectivity index (χ1) is 4.27. The van der Waals surface area contributed by atoms with Gasteiger partial charge in [-0.05, 0) is 6.42 Å². The Morgan fingerprint density at radius 3 is 2.11 bits per heavy atom. The van der Waals surface area contributed by atoms with Crippen LogP contribution in [0.4, 0.5) is 0 Å². The van der Waals surface area contributed by atoms with Crippen molar-refractivity contribution in [1.82, 2.24) is 0 Å². The first kappa shape index (κ1) is 9.22. The minimum Gasteiger partial charge on any atom is -0.0654 e. The average molecular weight is 143 g/mol. The lowest BCUT2D eigenvalue weighted by Crippen LogP contribution is -1.97. The van der Waals surface area contributed by atoms with E-state index in [1.54, 1.807) is 0 Å². The van der Waals surface area contributed by atoms with Crippen molar-refractivity contribution in [1.29, 1.82) is 0 Å². The summed E-state index contributed by atoms with van der Waals surface area (Å²) in [5.74, 6) is 0. The molecule has 0 heterocycles. The van der Waals surface area contributed by atoms with Crippen molar-refractivity contribution in [2.45, 2.75) is 51.7 Å². The molecule has 0 saturated carbocycles. The highest BCUT2D eigenvalue weighted by Gasteiger charge is 2.08. The second-order valence-electron chi connectivity index (χ2n) is 3.02. The summed E-state index contributed by atoms with van der Waals surface area (Å²) < 4.78 is 0. The fraction of sp³-hybridized carbons (Fsp3) is 1.00. The zero-order valence-corrected chi connectivity index (χ0v) is 8.04. The maximum absolute atomic E-state index is 2.40. The Balaban J connectivity index is 2.75. The van der Waals surface area contributed by atoms with E-state index in [-0.39, 0.29) is 8.80 Å². The molecule has 54 valence electrons. The highest BCUT2D eigenvalue weighted by molar-refractivity contribution is 6.55. The van der Waals surface area contributed by atoms with Gasteiger partial charge in [0.25, 0.3) is 0 Å². The van der Waals surface area contributed by atoms with Crippen LogP contribution in [0, 0.1) is 0 Å². The number of unbranched alkanes of at least 4 members (excludes halogenated alkanes) is 3. The van der Waals surface area contributed by atoms with Crippen molar-refractivity contribution in [2.24, 2.45) is 0 Å². The zero-order valence-electron chi connectivity index (χ0n) is 7.04. The molecule has 0 aromatic heterocycles. The van der Waals surface area contributed by atoms with Gasteiger partial charge in [0, 0.05) is 0 Å². The van der Waals surface area contributed by atoms with Crippen LogP contribution in [0.15, 0.2) is 0 Å². The molecular formula is C8H19Si+. The Morgan fingerprint density at radius 2 is 1.67 bits per heavy atom. The molecule has 0 amide bonds. The summed E-state index contributed by atoms with van der Waals surface area (Å²) in [7, 11) is 0.0849. The summed E-state index contributed by atoms with van der Waals surface area (Å²) in [6, 6.07) is 1.52. The van der Waals surface area contributed by atoms with Crippen molar-refractivity contribution in [3.8, 4) is 0 Å². The molecule has 0 bridgehead atoms. The largest absolute Gasteiger partial charge is 0.307 e. The summed E-state index contributed by atoms with van der Waals surface area (Å²) in [5.41, 5.74) is 0. The molecule has 0 fully saturated rings. The summed E-state index contributed by atoms with van der Waals surface area (Å²) in [6.45, 7) is 7.07. The summed E-state index contributed by atoms with van der Waals surface area (Å²) in [5, 5.41) is 0. The van der Waals surface area contributed by atoms with E-state index in [1.165, 1.54) is 31.7 Å². The molecule has 0 aliphatic carbocycles. The molecule has 0 aliphatic heterocycles. The Kier molecular flexibility index (Phi) is 6.49. The third-order valence-corrected chi connectivity index (χ3v) is 2.88. The molecule has 0 spiro atoms. The van der Waals surface area contributed by atoms with E-state index in [0.717, 1.165) is 0 Å². The van der Waals surface area contributed by atoms with Gasteiger partial charge < -0.3 is 0 Å². The topological polar surface area (TPSA) is 0 Å². The van der Waals surface area contributed by atoms with Gasteiger partial charge >= 0.3 is 8.80 Å². The highest BCUT2D eigenvalue weighted by atomic mass is 28.3. The standard InChI is InChI=1S/C8H19Si/c1-4-5-6-7-8-9(2)3/h4-8H2,1-3H3/q+1. The third-order valence-electron chi connectivity index (χ3n) is 1.53. The molecule has 0 radical (unpaired) electrons. The molecule has 0 rings (SSSR count). The van der Waals surface area contributed by atoms with Gasteiger partial charge in [-0.15, -0.1) is 0 Å². The van der Waals surface area contributed by atoms with Crippen LogP contribution in [0.2, 0.25) is 19.1 Å². The third kappa shape index (κ3) is 8.22. The van der Waals surface area contributed by atoms with Crippen LogP contribution in [0.5, 0.6) is 0 Å². The van der Waals surface area contributed by atoms with Gasteiger partial charge in [-0.25, -0.2) is 0 Å². The Hall–Kier alpha value is 0.217. The van der Waals surface area contributed by atoms with Crippen LogP contribution in [0.25, 0.3) is 0 Å². The number of hydrogen-bond donors (Lipinski definition) is 0. The maximum Gasteiger partial charge on any atom is 0.307 e. The molecule has 0 saturated heterocycles. The second kappa shape index (κ2) is 6.34. The van der Waals surface area contributed by atoms with Gasteiger partial charge in [-0.3, -0.25) is 0 Å². The predicted molar refractivity (Wildman–Crippen MR) is 46.4 cm³/mol. The molecule has 9 heavy (non-hydrogen) atoms. The SMILES string of the molecule is CCCCCC[Si+](C)C. The molecule has 0 aliphatic rings. The molecule has 0 N–H and O–H groups in total. The Labute approximate surface area is 61.3 Å². The quantitative estimate of drug-likeness (QED) is 0.409. The minimum absolute atomic E-state index is 0.0849. The lowest BCUT2D eigenvalue weighted by Gasteiger charge is -1.92. The van der Waals surface area contributed by atoms with Crippen LogP contribution < -0.4 is 0 Å². The molecule has 0 unspecified atom stereocenters. The summed E-state index contributed by atoms with van der Waals surface area (Å²) >= 11 is 0. The molecule has 0 atom stereocenters. The molecule has 0 aromatic rings. The van der Waals surface area contributed by atoms with E-state index < -0.39 is 0 Å². The second-order valence-corrected chi connectivity index (χ2v) is 5.93. The number of hydrogen-bond acceptors (Lipinski definition) is 0. The van der Waals surface area contributed by atoms with Gasteiger partial charge in [-0.2, -0.15) is 0 Å². The van der Waals surface area contributed by atoms with Gasteiger partial charge in [0.2, 0.25) is 0 Å². The van der Waals surface area contributed by atoms with Gasteiger partial charge in [0.1, 0.15) is 0 Å². The lowest BCUT2D eigenvalue weighted by atomic mass is 10.2. The smallest absolute Gasteiger partial charge is 0.0654 e. The van der Waals surface area contributed by atoms with Gasteiger partial charge in [-0.1, -0.05) is 26.2 Å². The van der Waals surface area contributed by atoms with Crippen LogP contribution >= 0.6 is 0 Å². The fourth-order valence-electron chi connectivity index (χ4n) is 0.905. The van der Waals surface area contributed by atoms with E-state index in [4.69, 9.17) is 0 Å². The van der Waals surface area contributed by atoms with Gasteiger partial charge in [0.15, 0.2) is 0 Å². The van der Waals surface area contributed by atoms with E-state index in [0.29, 0.717) is 0 Å². The van der Waals surface area contributed by atoms with Crippen molar-refractivity contribution < 1.29 is 0 Å². The zero-order chi connectivity index (χ0) is 7.11. The van der Waals surface area contributed by atoms with E-state index in [1.807, 2.05) is 0 Å². The first-order valence-corrected chi connectivity index (χ1v) is 6.77. The van der Waals surface area contributed by atoms with Crippen LogP contribution in [0.1, 0.15) is 32.6 Å². The summed E-state index contributed by atoms with van der Waals surface area (Å²) in [6.07, 6.45) is 5.76. The molecule has 0 aromatic carbocycles. The van der Waals surface area contributed by atoms with Gasteiger partial charge in [0.05, 0.1) is 19.1 Å². The van der Waals surface area contributed by atoms with Crippen molar-refractivity contribution >= 4 is 8.80 Å². The summed E-state index contributed by atoms with van der Waals surface area (Å²) in [4.78, 5) is 0. The van der Waals surface area contributed by atoms with Crippen molar-refractivity contribution in [3.63, 3.8) is 0 Å². The molecule has 1 heteroatoms. The van der Waals surface area contributed by atoms with Crippen molar-refractivity contribution in [2.75, 3.05) is 0 Å². The highest BCUT2D eigenvalue weighted by Crippen LogP contribution is 2.05. The molecular weight excluding hydrogens is 124 g/mol. The van der Waals surface area contributed by atoms with Crippen molar-refractivity contribution in [3.05, 3.63) is 0 Å². The van der Waals surface area contributed by atoms with E-state index in [2.05, 4.69) is 20.0 Å². The maximum atomic E-state index is 2.40. The van der Waals surface area contributed by atoms with E-state index >= 15 is 0 Å². The average Bonchev–Trinajstić information content (AvgIpc) is 1.80. The number of rotatable bonds is 5. The van der Waals surface area contributed by atoms with Crippen LogP contribution in [-0.2, 0) is 0 Å². The normalized spacial score (nSPS) is 9.67. The fourth-order valence-corrected chi connectivity index (χ4v) is 1.86. The lowest BCUT2D eigenvalue weighted by molar-refractivity contribution is 0.699. The Bertz CT molecular complexity index is 50.5. The van der Waals surface area contributed by atoms with Crippen LogP contribution in [-0.4, -0.2) is 8.80 Å². The Morgan fingerprint density at radius 1 is 1.00 bits per heavy atom. The monoisotopic (exact) mass is 143 g/mol. The predicted octanol–water partition coefficient (Wildman–Crippen LogP) is 3.32.